The third kappa shape index (κ3) is 1.91. The van der Waals surface area contributed by atoms with E-state index in [0.29, 0.717) is 5.56 Å². The Balaban J connectivity index is 2.42. The largest absolute Gasteiger partial charge is 0.479 e. The Morgan fingerprint density at radius 2 is 1.81 bits per heavy atom. The van der Waals surface area contributed by atoms with Gasteiger partial charge in [0.15, 0.2) is 5.69 Å². The zero-order chi connectivity index (χ0) is 11.4. The lowest BCUT2D eigenvalue weighted by atomic mass is 10.1. The molecule has 80 valence electrons. The van der Waals surface area contributed by atoms with E-state index in [-0.39, 0.29) is 17.4 Å². The summed E-state index contributed by atoms with van der Waals surface area (Å²) in [4.78, 5) is 20.0. The van der Waals surface area contributed by atoms with E-state index in [1.807, 2.05) is 6.07 Å². The van der Waals surface area contributed by atoms with E-state index in [4.69, 9.17) is 4.74 Å². The first-order valence-electron chi connectivity index (χ1n) is 4.77. The van der Waals surface area contributed by atoms with Crippen molar-refractivity contribution in [3.8, 4) is 5.88 Å². The predicted molar refractivity (Wildman–Crippen MR) is 58.5 cm³/mol. The van der Waals surface area contributed by atoms with Crippen LogP contribution in [0, 0.1) is 0 Å². The number of carbonyl (C=O) groups excluding carboxylic acids is 1. The first-order chi connectivity index (χ1) is 7.83. The minimum atomic E-state index is -0.189. The molecule has 0 fully saturated rings. The number of aromatic nitrogens is 2. The van der Waals surface area contributed by atoms with Crippen LogP contribution < -0.4 is 4.74 Å². The molecule has 0 spiro atoms. The van der Waals surface area contributed by atoms with Crippen LogP contribution in [0.1, 0.15) is 16.1 Å². The number of ketones is 1. The van der Waals surface area contributed by atoms with Crippen molar-refractivity contribution < 1.29 is 9.53 Å². The van der Waals surface area contributed by atoms with E-state index >= 15 is 0 Å². The van der Waals surface area contributed by atoms with Gasteiger partial charge in [-0.1, -0.05) is 30.3 Å². The van der Waals surface area contributed by atoms with Crippen molar-refractivity contribution in [1.29, 1.82) is 0 Å². The van der Waals surface area contributed by atoms with Crippen molar-refractivity contribution >= 4 is 5.78 Å². The van der Waals surface area contributed by atoms with Crippen LogP contribution in [-0.4, -0.2) is 22.9 Å². The van der Waals surface area contributed by atoms with Crippen LogP contribution in [0.2, 0.25) is 0 Å². The van der Waals surface area contributed by atoms with Crippen LogP contribution in [0.25, 0.3) is 0 Å². The fourth-order valence-corrected chi connectivity index (χ4v) is 1.36. The topological polar surface area (TPSA) is 52.1 Å². The van der Waals surface area contributed by atoms with Gasteiger partial charge in [-0.2, -0.15) is 0 Å². The Kier molecular flexibility index (Phi) is 2.91. The molecule has 1 aromatic carbocycles. The molecule has 0 unspecified atom stereocenters. The number of hydrogen-bond donors (Lipinski definition) is 0. The lowest BCUT2D eigenvalue weighted by molar-refractivity contribution is 0.103. The zero-order valence-corrected chi connectivity index (χ0v) is 8.75. The van der Waals surface area contributed by atoms with Gasteiger partial charge in [-0.15, -0.1) is 0 Å². The van der Waals surface area contributed by atoms with Crippen molar-refractivity contribution in [3.63, 3.8) is 0 Å². The van der Waals surface area contributed by atoms with Crippen molar-refractivity contribution in [2.24, 2.45) is 0 Å². The second kappa shape index (κ2) is 4.53. The number of carbonyl (C=O) groups is 1. The van der Waals surface area contributed by atoms with Gasteiger partial charge in [0.25, 0.3) is 0 Å². The van der Waals surface area contributed by atoms with Crippen molar-refractivity contribution in [3.05, 3.63) is 54.0 Å². The molecule has 4 nitrogen and oxygen atoms in total. The standard InChI is InChI=1S/C12H10N2O2/c1-16-12-10(13-7-8-14-12)11(15)9-5-3-2-4-6-9/h2-8H,1H3. The first kappa shape index (κ1) is 10.3. The third-order valence-electron chi connectivity index (χ3n) is 2.11. The van der Waals surface area contributed by atoms with Crippen LogP contribution in [0.4, 0.5) is 0 Å². The Labute approximate surface area is 92.9 Å². The average Bonchev–Trinajstić information content (AvgIpc) is 2.39. The summed E-state index contributed by atoms with van der Waals surface area (Å²) in [6, 6.07) is 8.92. The summed E-state index contributed by atoms with van der Waals surface area (Å²) in [5, 5.41) is 0. The van der Waals surface area contributed by atoms with Gasteiger partial charge in [0.1, 0.15) is 0 Å². The second-order valence-corrected chi connectivity index (χ2v) is 3.11. The van der Waals surface area contributed by atoms with E-state index in [9.17, 15) is 4.79 Å². The van der Waals surface area contributed by atoms with Crippen LogP contribution in [-0.2, 0) is 0 Å². The molecule has 2 aromatic rings. The van der Waals surface area contributed by atoms with Crippen molar-refractivity contribution in [2.75, 3.05) is 7.11 Å². The monoisotopic (exact) mass is 214 g/mol. The number of benzene rings is 1. The summed E-state index contributed by atoms with van der Waals surface area (Å²) in [5.41, 5.74) is 0.803. The normalized spacial score (nSPS) is 9.81. The van der Waals surface area contributed by atoms with E-state index in [1.165, 1.54) is 19.5 Å². The number of methoxy groups -OCH3 is 1. The van der Waals surface area contributed by atoms with Gasteiger partial charge in [-0.05, 0) is 0 Å². The molecule has 0 saturated carbocycles. The lowest BCUT2D eigenvalue weighted by Crippen LogP contribution is -2.07. The molecular formula is C12H10N2O2. The molecular weight excluding hydrogens is 204 g/mol. The summed E-state index contributed by atoms with van der Waals surface area (Å²) >= 11 is 0. The summed E-state index contributed by atoms with van der Waals surface area (Å²) in [7, 11) is 1.46. The highest BCUT2D eigenvalue weighted by atomic mass is 16.5. The van der Waals surface area contributed by atoms with Crippen molar-refractivity contribution in [2.45, 2.75) is 0 Å². The van der Waals surface area contributed by atoms with E-state index in [0.717, 1.165) is 0 Å². The summed E-state index contributed by atoms with van der Waals surface area (Å²) < 4.78 is 4.99. The van der Waals surface area contributed by atoms with Gasteiger partial charge in [0.2, 0.25) is 11.7 Å². The Morgan fingerprint density at radius 3 is 2.50 bits per heavy atom. The molecule has 0 aliphatic carbocycles. The Morgan fingerprint density at radius 1 is 1.12 bits per heavy atom. The molecule has 0 amide bonds. The summed E-state index contributed by atoms with van der Waals surface area (Å²) in [6.07, 6.45) is 2.96. The quantitative estimate of drug-likeness (QED) is 0.730. The SMILES string of the molecule is COc1nccnc1C(=O)c1ccccc1. The fourth-order valence-electron chi connectivity index (χ4n) is 1.36. The Bertz CT molecular complexity index is 497. The predicted octanol–water partition coefficient (Wildman–Crippen LogP) is 1.72. The highest BCUT2D eigenvalue weighted by Gasteiger charge is 2.16. The maximum Gasteiger partial charge on any atom is 0.243 e. The van der Waals surface area contributed by atoms with Crippen LogP contribution in [0.5, 0.6) is 5.88 Å². The molecule has 0 radical (unpaired) electrons. The van der Waals surface area contributed by atoms with E-state index < -0.39 is 0 Å². The van der Waals surface area contributed by atoms with E-state index in [1.54, 1.807) is 24.3 Å². The number of rotatable bonds is 3. The number of hydrogen-bond acceptors (Lipinski definition) is 4. The lowest BCUT2D eigenvalue weighted by Gasteiger charge is -2.04. The molecule has 0 bridgehead atoms. The number of nitrogens with zero attached hydrogens (tertiary/aromatic N) is 2. The molecule has 1 aromatic heterocycles. The van der Waals surface area contributed by atoms with Gasteiger partial charge < -0.3 is 4.74 Å². The number of ether oxygens (including phenoxy) is 1. The zero-order valence-electron chi connectivity index (χ0n) is 8.75. The van der Waals surface area contributed by atoms with Gasteiger partial charge in [-0.25, -0.2) is 9.97 Å². The van der Waals surface area contributed by atoms with Crippen LogP contribution >= 0.6 is 0 Å². The molecule has 0 aliphatic heterocycles. The molecule has 0 saturated heterocycles. The maximum atomic E-state index is 12.0. The average molecular weight is 214 g/mol. The highest BCUT2D eigenvalue weighted by molar-refractivity contribution is 6.08. The smallest absolute Gasteiger partial charge is 0.243 e. The highest BCUT2D eigenvalue weighted by Crippen LogP contribution is 2.15. The molecule has 2 rings (SSSR count). The van der Waals surface area contributed by atoms with E-state index in [2.05, 4.69) is 9.97 Å². The minimum Gasteiger partial charge on any atom is -0.479 e. The van der Waals surface area contributed by atoms with Crippen molar-refractivity contribution in [1.82, 2.24) is 9.97 Å². The summed E-state index contributed by atoms with van der Waals surface area (Å²) in [6.45, 7) is 0. The Hall–Kier alpha value is -2.23. The minimum absolute atomic E-state index is 0.189. The molecule has 1 heterocycles. The molecule has 0 atom stereocenters. The third-order valence-corrected chi connectivity index (χ3v) is 2.11. The fraction of sp³-hybridized carbons (Fsp3) is 0.0833. The van der Waals surface area contributed by atoms with Crippen LogP contribution in [0.15, 0.2) is 42.7 Å². The van der Waals surface area contributed by atoms with Gasteiger partial charge in [-0.3, -0.25) is 4.79 Å². The van der Waals surface area contributed by atoms with Crippen LogP contribution in [0.3, 0.4) is 0 Å². The maximum absolute atomic E-state index is 12.0. The molecule has 4 heteroatoms. The van der Waals surface area contributed by atoms with Gasteiger partial charge in [0, 0.05) is 18.0 Å². The second-order valence-electron chi connectivity index (χ2n) is 3.11. The van der Waals surface area contributed by atoms with Gasteiger partial charge >= 0.3 is 0 Å². The molecule has 0 aliphatic rings. The van der Waals surface area contributed by atoms with Gasteiger partial charge in [0.05, 0.1) is 7.11 Å². The molecule has 0 N–H and O–H groups in total. The molecule has 16 heavy (non-hydrogen) atoms. The first-order valence-corrected chi connectivity index (χ1v) is 4.77. The summed E-state index contributed by atoms with van der Waals surface area (Å²) in [5.74, 6) is 0.0573.